The van der Waals surface area contributed by atoms with Crippen molar-refractivity contribution in [3.05, 3.63) is 58.0 Å². The Morgan fingerprint density at radius 1 is 1.27 bits per heavy atom. The van der Waals surface area contributed by atoms with Crippen LogP contribution in [0.15, 0.2) is 41.8 Å². The van der Waals surface area contributed by atoms with Crippen LogP contribution in [-0.4, -0.2) is 18.0 Å². The second-order valence-corrected chi connectivity index (χ2v) is 5.57. The molecule has 1 heterocycles. The number of ether oxygens (including phenoxy) is 1. The van der Waals surface area contributed by atoms with Gasteiger partial charge in [-0.25, -0.2) is 9.18 Å². The molecule has 0 fully saturated rings. The van der Waals surface area contributed by atoms with Gasteiger partial charge in [-0.2, -0.15) is 0 Å². The zero-order valence-electron chi connectivity index (χ0n) is 12.0. The third-order valence-corrected chi connectivity index (χ3v) is 3.86. The largest absolute Gasteiger partial charge is 0.448 e. The molecule has 0 saturated heterocycles. The van der Waals surface area contributed by atoms with Gasteiger partial charge in [0.25, 0.3) is 5.91 Å². The summed E-state index contributed by atoms with van der Waals surface area (Å²) in [5.74, 6) is -1.19. The van der Waals surface area contributed by atoms with Crippen LogP contribution in [0.1, 0.15) is 28.6 Å². The Labute approximate surface area is 131 Å². The van der Waals surface area contributed by atoms with Gasteiger partial charge in [-0.15, -0.1) is 11.3 Å². The molecule has 0 radical (unpaired) electrons. The van der Waals surface area contributed by atoms with Crippen molar-refractivity contribution in [3.63, 3.8) is 0 Å². The van der Waals surface area contributed by atoms with Gasteiger partial charge in [-0.05, 0) is 35.6 Å². The van der Waals surface area contributed by atoms with Gasteiger partial charge in [0.2, 0.25) is 0 Å². The number of esters is 1. The van der Waals surface area contributed by atoms with E-state index in [1.165, 1.54) is 23.5 Å². The molecule has 1 aromatic heterocycles. The fourth-order valence-electron chi connectivity index (χ4n) is 1.81. The summed E-state index contributed by atoms with van der Waals surface area (Å²) in [6, 6.07) is 9.24. The molecule has 2 rings (SSSR count). The van der Waals surface area contributed by atoms with E-state index in [-0.39, 0.29) is 18.3 Å². The summed E-state index contributed by atoms with van der Waals surface area (Å²) in [7, 11) is 0. The minimum atomic E-state index is -0.838. The fraction of sp³-hybridized carbons (Fsp3) is 0.250. The lowest BCUT2D eigenvalue weighted by Gasteiger charge is -2.15. The molecule has 4 nitrogen and oxygen atoms in total. The Balaban J connectivity index is 1.88. The van der Waals surface area contributed by atoms with Gasteiger partial charge in [0, 0.05) is 6.54 Å². The highest BCUT2D eigenvalue weighted by Crippen LogP contribution is 2.12. The molecule has 6 heteroatoms. The Morgan fingerprint density at radius 2 is 2.00 bits per heavy atom. The first-order valence-corrected chi connectivity index (χ1v) is 7.74. The van der Waals surface area contributed by atoms with Crippen molar-refractivity contribution in [2.45, 2.75) is 26.0 Å². The number of thiophene rings is 1. The van der Waals surface area contributed by atoms with Crippen LogP contribution in [0.3, 0.4) is 0 Å². The summed E-state index contributed by atoms with van der Waals surface area (Å²) in [6.07, 6.45) is -0.457. The summed E-state index contributed by atoms with van der Waals surface area (Å²) >= 11 is 1.27. The number of hydrogen-bond donors (Lipinski definition) is 1. The molecule has 1 N–H and O–H groups in total. The number of nitrogens with one attached hydrogen (secondary N) is 1. The van der Waals surface area contributed by atoms with E-state index in [0.717, 1.165) is 5.56 Å². The van der Waals surface area contributed by atoms with E-state index in [0.29, 0.717) is 11.3 Å². The van der Waals surface area contributed by atoms with Gasteiger partial charge in [0.15, 0.2) is 6.10 Å². The van der Waals surface area contributed by atoms with Crippen LogP contribution in [0.5, 0.6) is 0 Å². The lowest BCUT2D eigenvalue weighted by Crippen LogP contribution is -2.37. The molecule has 0 bridgehead atoms. The van der Waals surface area contributed by atoms with E-state index >= 15 is 0 Å². The van der Waals surface area contributed by atoms with E-state index in [1.54, 1.807) is 36.6 Å². The molecule has 1 amide bonds. The predicted molar refractivity (Wildman–Crippen MR) is 82.1 cm³/mol. The lowest BCUT2D eigenvalue weighted by atomic mass is 10.2. The first kappa shape index (κ1) is 16.2. The average Bonchev–Trinajstić information content (AvgIpc) is 3.06. The maximum atomic E-state index is 12.8. The van der Waals surface area contributed by atoms with Gasteiger partial charge < -0.3 is 10.1 Å². The monoisotopic (exact) mass is 321 g/mol. The Bertz CT molecular complexity index is 625. The summed E-state index contributed by atoms with van der Waals surface area (Å²) in [5.41, 5.74) is 0.772. The molecule has 2 aromatic rings. The second-order valence-electron chi connectivity index (χ2n) is 4.62. The molecule has 1 atom stereocenters. The third kappa shape index (κ3) is 4.39. The second kappa shape index (κ2) is 7.70. The summed E-state index contributed by atoms with van der Waals surface area (Å²) < 4.78 is 18.0. The number of carbonyl (C=O) groups is 2. The van der Waals surface area contributed by atoms with Crippen molar-refractivity contribution in [1.82, 2.24) is 5.32 Å². The fourth-order valence-corrected chi connectivity index (χ4v) is 2.41. The minimum absolute atomic E-state index is 0.256. The summed E-state index contributed by atoms with van der Waals surface area (Å²) in [6.45, 7) is 2.02. The van der Waals surface area contributed by atoms with Crippen molar-refractivity contribution < 1.29 is 18.7 Å². The zero-order valence-corrected chi connectivity index (χ0v) is 12.9. The maximum Gasteiger partial charge on any atom is 0.349 e. The number of halogens is 1. The van der Waals surface area contributed by atoms with Gasteiger partial charge in [0.1, 0.15) is 10.7 Å². The normalized spacial score (nSPS) is 11.7. The molecule has 1 aromatic carbocycles. The topological polar surface area (TPSA) is 55.4 Å². The number of benzene rings is 1. The highest BCUT2D eigenvalue weighted by atomic mass is 32.1. The summed E-state index contributed by atoms with van der Waals surface area (Å²) in [5, 5.41) is 4.45. The van der Waals surface area contributed by atoms with Crippen LogP contribution in [0.25, 0.3) is 0 Å². The Hall–Kier alpha value is -2.21. The molecule has 0 aliphatic rings. The quantitative estimate of drug-likeness (QED) is 0.832. The van der Waals surface area contributed by atoms with Crippen LogP contribution in [-0.2, 0) is 16.1 Å². The molecule has 0 spiro atoms. The number of hydrogen-bond acceptors (Lipinski definition) is 4. The van der Waals surface area contributed by atoms with Crippen LogP contribution in [0.2, 0.25) is 0 Å². The molecule has 0 saturated carbocycles. The van der Waals surface area contributed by atoms with Crippen LogP contribution < -0.4 is 5.32 Å². The molecular formula is C16H16FNO3S. The molecule has 116 valence electrons. The number of amides is 1. The first-order valence-electron chi connectivity index (χ1n) is 6.86. The molecule has 0 aliphatic carbocycles. The highest BCUT2D eigenvalue weighted by molar-refractivity contribution is 7.11. The Morgan fingerprint density at radius 3 is 2.59 bits per heavy atom. The molecule has 22 heavy (non-hydrogen) atoms. The first-order chi connectivity index (χ1) is 10.6. The van der Waals surface area contributed by atoms with Crippen LogP contribution in [0, 0.1) is 5.82 Å². The van der Waals surface area contributed by atoms with Crippen molar-refractivity contribution in [2.75, 3.05) is 0 Å². The molecule has 0 aliphatic heterocycles. The van der Waals surface area contributed by atoms with Crippen molar-refractivity contribution in [2.24, 2.45) is 0 Å². The van der Waals surface area contributed by atoms with E-state index < -0.39 is 12.1 Å². The number of carbonyl (C=O) groups excluding carboxylic acids is 2. The highest BCUT2D eigenvalue weighted by Gasteiger charge is 2.22. The van der Waals surface area contributed by atoms with Gasteiger partial charge in [0.05, 0.1) is 0 Å². The lowest BCUT2D eigenvalue weighted by molar-refractivity contribution is -0.130. The van der Waals surface area contributed by atoms with E-state index in [1.807, 2.05) is 0 Å². The standard InChI is InChI=1S/C16H16FNO3S/c1-2-13(21-16(20)14-4-3-9-22-14)15(19)18-10-11-5-7-12(17)8-6-11/h3-9,13H,2,10H2,1H3,(H,18,19)/t13-/m1/s1. The Kier molecular flexibility index (Phi) is 5.66. The van der Waals surface area contributed by atoms with Gasteiger partial charge in [-0.1, -0.05) is 25.1 Å². The van der Waals surface area contributed by atoms with E-state index in [2.05, 4.69) is 5.32 Å². The van der Waals surface area contributed by atoms with E-state index in [9.17, 15) is 14.0 Å². The van der Waals surface area contributed by atoms with Crippen molar-refractivity contribution in [1.29, 1.82) is 0 Å². The van der Waals surface area contributed by atoms with E-state index in [4.69, 9.17) is 4.74 Å². The third-order valence-electron chi connectivity index (χ3n) is 3.01. The number of rotatable bonds is 6. The van der Waals surface area contributed by atoms with Gasteiger partial charge >= 0.3 is 5.97 Å². The van der Waals surface area contributed by atoms with Gasteiger partial charge in [-0.3, -0.25) is 4.79 Å². The zero-order chi connectivity index (χ0) is 15.9. The van der Waals surface area contributed by atoms with Crippen molar-refractivity contribution >= 4 is 23.2 Å². The average molecular weight is 321 g/mol. The predicted octanol–water partition coefficient (Wildman–Crippen LogP) is 3.14. The molecule has 0 unspecified atom stereocenters. The molecular weight excluding hydrogens is 305 g/mol. The smallest absolute Gasteiger partial charge is 0.349 e. The van der Waals surface area contributed by atoms with Crippen molar-refractivity contribution in [3.8, 4) is 0 Å². The minimum Gasteiger partial charge on any atom is -0.448 e. The van der Waals surface area contributed by atoms with Crippen LogP contribution >= 0.6 is 11.3 Å². The SMILES string of the molecule is CC[C@@H](OC(=O)c1cccs1)C(=O)NCc1ccc(F)cc1. The summed E-state index contributed by atoms with van der Waals surface area (Å²) in [4.78, 5) is 24.4. The van der Waals surface area contributed by atoms with Crippen LogP contribution in [0.4, 0.5) is 4.39 Å². The maximum absolute atomic E-state index is 12.8.